The van der Waals surface area contributed by atoms with Crippen molar-refractivity contribution in [2.24, 2.45) is 5.73 Å². The van der Waals surface area contributed by atoms with Crippen molar-refractivity contribution in [1.29, 1.82) is 0 Å². The molecule has 0 aromatic rings. The Morgan fingerprint density at radius 1 is 1.29 bits per heavy atom. The fourth-order valence-electron chi connectivity index (χ4n) is 0.274. The number of phosphoric acid groups is 1. The number of hydrogen-bond acceptors (Lipinski definition) is 5. The molecule has 13 heteroatoms. The van der Waals surface area contributed by atoms with E-state index in [1.165, 1.54) is 0 Å². The first-order valence-corrected chi connectivity index (χ1v) is 4.76. The summed E-state index contributed by atoms with van der Waals surface area (Å²) in [6, 6.07) is -0.984. The predicted octanol–water partition coefficient (Wildman–Crippen LogP) is -7.62. The van der Waals surface area contributed by atoms with Crippen LogP contribution in [-0.4, -0.2) is 87.9 Å². The third-order valence-electron chi connectivity index (χ3n) is 0.937. The Morgan fingerprint density at radius 2 is 1.47 bits per heavy atom. The fraction of sp³-hybridized carbons (Fsp3) is 1.00. The third kappa shape index (κ3) is 45.9. The first-order valence-electron chi connectivity index (χ1n) is 3.19. The van der Waals surface area contributed by atoms with Gasteiger partial charge in [-0.25, -0.2) is 4.57 Å². The number of aliphatic hydroxyl groups is 3. The van der Waals surface area contributed by atoms with E-state index in [9.17, 15) is 0 Å². The molecule has 0 bridgehead atoms. The van der Waals surface area contributed by atoms with Crippen LogP contribution in [0.15, 0.2) is 0 Å². The van der Waals surface area contributed by atoms with Crippen molar-refractivity contribution < 1.29 is 73.9 Å². The predicted molar refractivity (Wildman–Crippen MR) is 64.6 cm³/mol. The number of hydrogen-bond donors (Lipinski definition) is 7. The Kier molecular flexibility index (Phi) is 34.9. The Morgan fingerprint density at radius 3 is 1.47 bits per heavy atom. The second-order valence-electron chi connectivity index (χ2n) is 2.22. The average molecular weight is 317 g/mol. The smallest absolute Gasteiger partial charge is 1.00 e. The van der Waals surface area contributed by atoms with Gasteiger partial charge in [0.2, 0.25) is 0 Å². The van der Waals surface area contributed by atoms with Gasteiger partial charge in [0, 0.05) is 0 Å². The summed E-state index contributed by atoms with van der Waals surface area (Å²) in [6.45, 7) is 1.64. The minimum atomic E-state index is -4.64. The summed E-state index contributed by atoms with van der Waals surface area (Å²) >= 11 is 0. The molecule has 0 aliphatic carbocycles. The van der Waals surface area contributed by atoms with Crippen LogP contribution in [-0.2, 0) is 4.57 Å². The van der Waals surface area contributed by atoms with Crippen LogP contribution >= 0.6 is 7.82 Å². The van der Waals surface area contributed by atoms with Gasteiger partial charge in [-0.3, -0.25) is 0 Å². The van der Waals surface area contributed by atoms with Gasteiger partial charge in [-0.05, 0) is 6.42 Å². The molecule has 0 aliphatic rings. The second kappa shape index (κ2) is 16.3. The number of nitrogens with two attached hydrogens (primary N) is 1. The van der Waals surface area contributed by atoms with Gasteiger partial charge in [-0.2, -0.15) is 0 Å². The van der Waals surface area contributed by atoms with Crippen LogP contribution in [0.2, 0.25) is 0 Å². The van der Waals surface area contributed by atoms with Gasteiger partial charge < -0.3 is 45.5 Å². The zero-order valence-electron chi connectivity index (χ0n) is 12.1. The van der Waals surface area contributed by atoms with Crippen molar-refractivity contribution >= 4 is 48.2 Å². The van der Waals surface area contributed by atoms with E-state index in [0.717, 1.165) is 0 Å². The quantitative estimate of drug-likeness (QED) is 0.148. The van der Waals surface area contributed by atoms with E-state index < -0.39 is 19.8 Å². The van der Waals surface area contributed by atoms with E-state index in [-0.39, 0.29) is 79.7 Å². The van der Waals surface area contributed by atoms with Crippen molar-refractivity contribution in [2.45, 2.75) is 25.4 Å². The third-order valence-corrected chi connectivity index (χ3v) is 0.937. The van der Waals surface area contributed by atoms with E-state index in [1.807, 2.05) is 0 Å². The van der Waals surface area contributed by atoms with Crippen molar-refractivity contribution in [3.63, 3.8) is 0 Å². The van der Waals surface area contributed by atoms with Crippen molar-refractivity contribution in [3.8, 4) is 0 Å². The first-order chi connectivity index (χ1) is 5.48. The monoisotopic (exact) mass is 317 g/mol. The van der Waals surface area contributed by atoms with Gasteiger partial charge in [0.05, 0.1) is 6.04 Å². The molecule has 0 saturated carbocycles. The summed E-state index contributed by atoms with van der Waals surface area (Å²) in [4.78, 5) is 21.6. The van der Waals surface area contributed by atoms with Gasteiger partial charge in [-0.1, -0.05) is 6.92 Å². The minimum Gasteiger partial charge on any atom is -1.00 e. The van der Waals surface area contributed by atoms with Crippen LogP contribution in [0.1, 0.15) is 17.6 Å². The molecule has 0 rings (SSSR count). The Labute approximate surface area is 152 Å². The molecular formula is C4H22AlMgNNaO8P. The van der Waals surface area contributed by atoms with Crippen LogP contribution in [0, 0.1) is 0 Å². The summed E-state index contributed by atoms with van der Waals surface area (Å²) < 4.78 is 8.88. The van der Waals surface area contributed by atoms with Gasteiger partial charge in [0.1, 0.15) is 0 Å². The SMILES string of the molecule is CCC(N)C(O)(O)O.O.O=P(O)(O)O.[AlH3].[H-].[H-].[H-].[Mg+2].[Na+]. The molecule has 0 spiro atoms. The van der Waals surface area contributed by atoms with E-state index in [0.29, 0.717) is 6.42 Å². The van der Waals surface area contributed by atoms with E-state index >= 15 is 0 Å². The topological polar surface area (TPSA) is 196 Å². The Bertz CT molecular complexity index is 193. The van der Waals surface area contributed by atoms with Crippen molar-refractivity contribution in [1.82, 2.24) is 0 Å². The van der Waals surface area contributed by atoms with Gasteiger partial charge in [-0.15, -0.1) is 0 Å². The summed E-state index contributed by atoms with van der Waals surface area (Å²) in [6.07, 6.45) is 0.323. The van der Waals surface area contributed by atoms with Crippen LogP contribution in [0.5, 0.6) is 0 Å². The van der Waals surface area contributed by atoms with E-state index in [2.05, 4.69) is 0 Å². The largest absolute Gasteiger partial charge is 2.00 e. The normalized spacial score (nSPS) is 11.1. The van der Waals surface area contributed by atoms with Crippen LogP contribution in [0.4, 0.5) is 0 Å². The van der Waals surface area contributed by atoms with Gasteiger partial charge in [0.15, 0.2) is 17.4 Å². The molecule has 1 unspecified atom stereocenters. The molecule has 0 fully saturated rings. The Balaban J connectivity index is -0.0000000134. The zero-order valence-corrected chi connectivity index (χ0v) is 13.4. The molecule has 10 N–H and O–H groups in total. The van der Waals surface area contributed by atoms with E-state index in [1.54, 1.807) is 6.92 Å². The van der Waals surface area contributed by atoms with Crippen molar-refractivity contribution in [2.75, 3.05) is 0 Å². The maximum atomic E-state index is 8.88. The van der Waals surface area contributed by atoms with Crippen molar-refractivity contribution in [3.05, 3.63) is 0 Å². The molecule has 0 heterocycles. The second-order valence-corrected chi connectivity index (χ2v) is 3.24. The molecule has 102 valence electrons. The summed E-state index contributed by atoms with van der Waals surface area (Å²) in [5.41, 5.74) is 5.00. The van der Waals surface area contributed by atoms with Crippen LogP contribution in [0.3, 0.4) is 0 Å². The average Bonchev–Trinajstić information content (AvgIpc) is 1.80. The fourth-order valence-corrected chi connectivity index (χ4v) is 0.274. The molecule has 0 aliphatic heterocycles. The molecular weight excluding hydrogens is 295 g/mol. The summed E-state index contributed by atoms with van der Waals surface area (Å²) in [7, 11) is -4.64. The molecule has 9 nitrogen and oxygen atoms in total. The Hall–Kier alpha value is 2.21. The molecule has 1 atom stereocenters. The molecule has 0 aromatic heterocycles. The van der Waals surface area contributed by atoms with E-state index in [4.69, 9.17) is 40.3 Å². The van der Waals surface area contributed by atoms with Crippen LogP contribution in [0.25, 0.3) is 0 Å². The van der Waals surface area contributed by atoms with Gasteiger partial charge in [0.25, 0.3) is 5.97 Å². The maximum absolute atomic E-state index is 8.88. The summed E-state index contributed by atoms with van der Waals surface area (Å²) in [5.74, 6) is -2.71. The zero-order chi connectivity index (χ0) is 11.3. The van der Waals surface area contributed by atoms with Gasteiger partial charge >= 0.3 is 60.4 Å². The molecule has 17 heavy (non-hydrogen) atoms. The molecule has 0 radical (unpaired) electrons. The standard InChI is InChI=1S/C4H11NO3.Al.Mg.Na.H3O4P.H2O.6H/c1-2-3(5)4(6,7)8;;;;1-5(2,3)4;;;;;;;/h3,6-8H,2,5H2,1H3;;;;(H3,1,2,3,4);1H2;;;;;;/q;;+2;+1;;;;;;3*-1. The summed E-state index contributed by atoms with van der Waals surface area (Å²) in [5, 5.41) is 24.8. The number of rotatable bonds is 2. The molecule has 0 aromatic carbocycles. The van der Waals surface area contributed by atoms with Crippen LogP contribution < -0.4 is 35.3 Å². The molecule has 0 saturated heterocycles. The maximum Gasteiger partial charge on any atom is 2.00 e. The minimum absolute atomic E-state index is 0. The first kappa shape index (κ1) is 36.5. The molecule has 0 amide bonds.